The van der Waals surface area contributed by atoms with Gasteiger partial charge in [-0.05, 0) is 33.1 Å². The Morgan fingerprint density at radius 2 is 1.67 bits per heavy atom. The molecule has 0 heterocycles. The smallest absolute Gasteiger partial charge is 0.329 e. The molecule has 1 unspecified atom stereocenters. The lowest BCUT2D eigenvalue weighted by atomic mass is 10.0. The van der Waals surface area contributed by atoms with Crippen molar-refractivity contribution >= 4 is 11.9 Å². The maximum Gasteiger partial charge on any atom is 0.329 e. The van der Waals surface area contributed by atoms with Gasteiger partial charge in [0.15, 0.2) is 0 Å². The van der Waals surface area contributed by atoms with Gasteiger partial charge in [-0.3, -0.25) is 4.79 Å². The van der Waals surface area contributed by atoms with Crippen LogP contribution in [0.2, 0.25) is 0 Å². The summed E-state index contributed by atoms with van der Waals surface area (Å²) in [5.41, 5.74) is -0.536. The topological polar surface area (TPSA) is 55.4 Å². The van der Waals surface area contributed by atoms with Gasteiger partial charge >= 0.3 is 5.97 Å². The van der Waals surface area contributed by atoms with Crippen molar-refractivity contribution in [3.63, 3.8) is 0 Å². The molecule has 0 aromatic heterocycles. The van der Waals surface area contributed by atoms with Gasteiger partial charge in [0.05, 0.1) is 0 Å². The molecule has 1 N–H and O–H groups in total. The molecule has 0 aliphatic carbocycles. The maximum absolute atomic E-state index is 12.0. The number of rotatable bonds is 5. The minimum Gasteiger partial charge on any atom is -0.458 e. The number of nitrogens with one attached hydrogen (secondary N) is 1. The quantitative estimate of drug-likeness (QED) is 0.770. The number of hydrogen-bond acceptors (Lipinski definition) is 3. The monoisotopic (exact) mass is 257 g/mol. The molecule has 4 nitrogen and oxygen atoms in total. The SMILES string of the molecule is CCC(C)C(=O)N[C@H](C(=O)OC(C)(C)C)C(C)C. The first-order chi connectivity index (χ1) is 8.08. The van der Waals surface area contributed by atoms with Crippen molar-refractivity contribution in [1.82, 2.24) is 5.32 Å². The van der Waals surface area contributed by atoms with Crippen LogP contribution in [0.5, 0.6) is 0 Å². The highest BCUT2D eigenvalue weighted by Crippen LogP contribution is 2.13. The standard InChI is InChI=1S/C14H27NO3/c1-8-10(4)12(16)15-11(9(2)3)13(17)18-14(5,6)7/h9-11H,8H2,1-7H3,(H,15,16)/t10?,11-/m0/s1. The van der Waals surface area contributed by atoms with E-state index >= 15 is 0 Å². The van der Waals surface area contributed by atoms with E-state index in [1.807, 2.05) is 48.5 Å². The molecule has 0 saturated heterocycles. The zero-order valence-electron chi connectivity index (χ0n) is 12.7. The highest BCUT2D eigenvalue weighted by Gasteiger charge is 2.29. The summed E-state index contributed by atoms with van der Waals surface area (Å²) in [4.78, 5) is 23.8. The third-order valence-electron chi connectivity index (χ3n) is 2.69. The third kappa shape index (κ3) is 6.03. The van der Waals surface area contributed by atoms with Crippen LogP contribution in [-0.2, 0) is 14.3 Å². The lowest BCUT2D eigenvalue weighted by Gasteiger charge is -2.27. The van der Waals surface area contributed by atoms with Crippen LogP contribution in [-0.4, -0.2) is 23.5 Å². The summed E-state index contributed by atoms with van der Waals surface area (Å²) in [6.07, 6.45) is 0.755. The molecule has 0 aromatic carbocycles. The number of carbonyl (C=O) groups excluding carboxylic acids is 2. The van der Waals surface area contributed by atoms with E-state index in [1.165, 1.54) is 0 Å². The summed E-state index contributed by atoms with van der Waals surface area (Å²) in [5, 5.41) is 2.78. The molecular weight excluding hydrogens is 230 g/mol. The number of ether oxygens (including phenoxy) is 1. The van der Waals surface area contributed by atoms with Crippen LogP contribution in [0.4, 0.5) is 0 Å². The Hall–Kier alpha value is -1.06. The Bertz CT molecular complexity index is 292. The van der Waals surface area contributed by atoms with Gasteiger partial charge in [0.25, 0.3) is 0 Å². The fourth-order valence-electron chi connectivity index (χ4n) is 1.34. The van der Waals surface area contributed by atoms with E-state index in [4.69, 9.17) is 4.74 Å². The van der Waals surface area contributed by atoms with Crippen molar-refractivity contribution in [3.8, 4) is 0 Å². The van der Waals surface area contributed by atoms with Gasteiger partial charge in [0.1, 0.15) is 11.6 Å². The van der Waals surface area contributed by atoms with E-state index in [9.17, 15) is 9.59 Å². The van der Waals surface area contributed by atoms with Gasteiger partial charge in [-0.25, -0.2) is 4.79 Å². The lowest BCUT2D eigenvalue weighted by molar-refractivity contribution is -0.160. The van der Waals surface area contributed by atoms with Crippen LogP contribution in [0.15, 0.2) is 0 Å². The van der Waals surface area contributed by atoms with Crippen molar-refractivity contribution in [2.45, 2.75) is 66.5 Å². The Labute approximate surface area is 110 Å². The third-order valence-corrected chi connectivity index (χ3v) is 2.69. The molecule has 18 heavy (non-hydrogen) atoms. The van der Waals surface area contributed by atoms with Crippen LogP contribution >= 0.6 is 0 Å². The summed E-state index contributed by atoms with van der Waals surface area (Å²) < 4.78 is 5.32. The first-order valence-corrected chi connectivity index (χ1v) is 6.61. The van der Waals surface area contributed by atoms with E-state index < -0.39 is 11.6 Å². The van der Waals surface area contributed by atoms with Crippen molar-refractivity contribution in [2.24, 2.45) is 11.8 Å². The van der Waals surface area contributed by atoms with E-state index in [1.54, 1.807) is 0 Å². The number of carbonyl (C=O) groups is 2. The largest absolute Gasteiger partial charge is 0.458 e. The van der Waals surface area contributed by atoms with Crippen molar-refractivity contribution in [1.29, 1.82) is 0 Å². The summed E-state index contributed by atoms with van der Waals surface area (Å²) in [6.45, 7) is 13.0. The van der Waals surface area contributed by atoms with Gasteiger partial charge in [0.2, 0.25) is 5.91 Å². The van der Waals surface area contributed by atoms with Crippen LogP contribution in [0.25, 0.3) is 0 Å². The molecular formula is C14H27NO3. The van der Waals surface area contributed by atoms with Crippen LogP contribution < -0.4 is 5.32 Å². The Morgan fingerprint density at radius 3 is 2.00 bits per heavy atom. The molecule has 0 fully saturated rings. The molecule has 106 valence electrons. The molecule has 1 amide bonds. The van der Waals surface area contributed by atoms with E-state index in [0.717, 1.165) is 6.42 Å². The van der Waals surface area contributed by atoms with Crippen molar-refractivity contribution in [2.75, 3.05) is 0 Å². The van der Waals surface area contributed by atoms with E-state index in [0.29, 0.717) is 0 Å². The predicted molar refractivity (Wildman–Crippen MR) is 72.1 cm³/mol. The predicted octanol–water partition coefficient (Wildman–Crippen LogP) is 2.52. The van der Waals surface area contributed by atoms with E-state index in [-0.39, 0.29) is 23.7 Å². The Kier molecular flexibility index (Phi) is 6.36. The molecule has 0 aromatic rings. The fourth-order valence-corrected chi connectivity index (χ4v) is 1.34. The molecule has 0 bridgehead atoms. The minimum atomic E-state index is -0.578. The van der Waals surface area contributed by atoms with Gasteiger partial charge in [-0.1, -0.05) is 27.7 Å². The van der Waals surface area contributed by atoms with Gasteiger partial charge in [-0.15, -0.1) is 0 Å². The summed E-state index contributed by atoms with van der Waals surface area (Å²) in [5.74, 6) is -0.544. The first kappa shape index (κ1) is 16.9. The van der Waals surface area contributed by atoms with Gasteiger partial charge in [0, 0.05) is 5.92 Å². The van der Waals surface area contributed by atoms with Gasteiger partial charge < -0.3 is 10.1 Å². The zero-order valence-corrected chi connectivity index (χ0v) is 12.7. The minimum absolute atomic E-state index is 0.00727. The van der Waals surface area contributed by atoms with E-state index in [2.05, 4.69) is 5.32 Å². The Morgan fingerprint density at radius 1 is 1.17 bits per heavy atom. The number of hydrogen-bond donors (Lipinski definition) is 1. The average molecular weight is 257 g/mol. The summed E-state index contributed by atoms with van der Waals surface area (Å²) in [6, 6.07) is -0.578. The highest BCUT2D eigenvalue weighted by atomic mass is 16.6. The van der Waals surface area contributed by atoms with Crippen LogP contribution in [0, 0.1) is 11.8 Å². The summed E-state index contributed by atoms with van der Waals surface area (Å²) in [7, 11) is 0. The van der Waals surface area contributed by atoms with Crippen LogP contribution in [0.3, 0.4) is 0 Å². The number of esters is 1. The van der Waals surface area contributed by atoms with Crippen LogP contribution in [0.1, 0.15) is 54.9 Å². The molecule has 0 aliphatic heterocycles. The second-order valence-corrected chi connectivity index (χ2v) is 6.07. The van der Waals surface area contributed by atoms with Crippen molar-refractivity contribution in [3.05, 3.63) is 0 Å². The maximum atomic E-state index is 12.0. The van der Waals surface area contributed by atoms with Crippen molar-refractivity contribution < 1.29 is 14.3 Å². The second kappa shape index (κ2) is 6.76. The molecule has 0 saturated carbocycles. The molecule has 4 heteroatoms. The summed E-state index contributed by atoms with van der Waals surface area (Å²) >= 11 is 0. The molecule has 0 spiro atoms. The number of amides is 1. The van der Waals surface area contributed by atoms with Gasteiger partial charge in [-0.2, -0.15) is 0 Å². The zero-order chi connectivity index (χ0) is 14.5. The molecule has 2 atom stereocenters. The first-order valence-electron chi connectivity index (χ1n) is 6.61. The second-order valence-electron chi connectivity index (χ2n) is 6.07. The fraction of sp³-hybridized carbons (Fsp3) is 0.857. The Balaban J connectivity index is 4.68. The molecule has 0 radical (unpaired) electrons. The molecule has 0 aliphatic rings. The molecule has 0 rings (SSSR count). The highest BCUT2D eigenvalue weighted by molar-refractivity contribution is 5.85. The average Bonchev–Trinajstić information content (AvgIpc) is 2.21. The normalized spacial score (nSPS) is 15.1. The lowest BCUT2D eigenvalue weighted by Crippen LogP contribution is -2.48.